The molecular formula is C10H18N2. The number of hydrogen-bond acceptors (Lipinski definition) is 2. The SMILES string of the molecule is CC(NC1=NCCCC1)C1CC1. The van der Waals surface area contributed by atoms with E-state index in [9.17, 15) is 0 Å². The number of nitrogens with one attached hydrogen (secondary N) is 1. The lowest BCUT2D eigenvalue weighted by atomic mass is 10.1. The first kappa shape index (κ1) is 8.09. The van der Waals surface area contributed by atoms with E-state index in [0.717, 1.165) is 12.5 Å². The molecule has 1 heterocycles. The first-order valence-corrected chi connectivity index (χ1v) is 5.16. The van der Waals surface area contributed by atoms with Crippen LogP contribution in [0.25, 0.3) is 0 Å². The molecule has 0 bridgehead atoms. The highest BCUT2D eigenvalue weighted by molar-refractivity contribution is 5.82. The van der Waals surface area contributed by atoms with Gasteiger partial charge in [-0.2, -0.15) is 0 Å². The minimum absolute atomic E-state index is 0.668. The normalized spacial score (nSPS) is 26.2. The Balaban J connectivity index is 1.80. The van der Waals surface area contributed by atoms with Gasteiger partial charge in [0.1, 0.15) is 0 Å². The Bertz CT molecular complexity index is 182. The van der Waals surface area contributed by atoms with Crippen molar-refractivity contribution in [2.45, 2.75) is 45.1 Å². The zero-order valence-electron chi connectivity index (χ0n) is 7.84. The van der Waals surface area contributed by atoms with E-state index in [4.69, 9.17) is 0 Å². The van der Waals surface area contributed by atoms with Crippen LogP contribution in [0.15, 0.2) is 4.99 Å². The maximum atomic E-state index is 4.49. The van der Waals surface area contributed by atoms with Crippen molar-refractivity contribution in [3.05, 3.63) is 0 Å². The molecule has 1 aliphatic heterocycles. The molecule has 2 heteroatoms. The quantitative estimate of drug-likeness (QED) is 0.666. The van der Waals surface area contributed by atoms with Gasteiger partial charge >= 0.3 is 0 Å². The van der Waals surface area contributed by atoms with Gasteiger partial charge in [0.25, 0.3) is 0 Å². The average molecular weight is 166 g/mol. The van der Waals surface area contributed by atoms with Crippen LogP contribution in [0.1, 0.15) is 39.0 Å². The van der Waals surface area contributed by atoms with Crippen LogP contribution in [0.4, 0.5) is 0 Å². The minimum atomic E-state index is 0.668. The predicted molar refractivity (Wildman–Crippen MR) is 51.5 cm³/mol. The molecule has 68 valence electrons. The van der Waals surface area contributed by atoms with Crippen molar-refractivity contribution < 1.29 is 0 Å². The van der Waals surface area contributed by atoms with E-state index in [1.807, 2.05) is 0 Å². The second kappa shape index (κ2) is 3.46. The van der Waals surface area contributed by atoms with E-state index in [0.29, 0.717) is 6.04 Å². The van der Waals surface area contributed by atoms with Crippen molar-refractivity contribution in [1.29, 1.82) is 0 Å². The van der Waals surface area contributed by atoms with Crippen molar-refractivity contribution in [2.75, 3.05) is 6.54 Å². The summed E-state index contributed by atoms with van der Waals surface area (Å²) in [5.74, 6) is 2.20. The first-order chi connectivity index (χ1) is 5.86. The summed E-state index contributed by atoms with van der Waals surface area (Å²) in [6.07, 6.45) is 6.62. The van der Waals surface area contributed by atoms with E-state index in [2.05, 4.69) is 17.2 Å². The van der Waals surface area contributed by atoms with Gasteiger partial charge in [0.05, 0.1) is 5.84 Å². The monoisotopic (exact) mass is 166 g/mol. The molecule has 0 saturated heterocycles. The van der Waals surface area contributed by atoms with Crippen molar-refractivity contribution in [3.8, 4) is 0 Å². The number of hydrogen-bond donors (Lipinski definition) is 1. The molecule has 0 aromatic rings. The summed E-state index contributed by atoms with van der Waals surface area (Å²) >= 11 is 0. The zero-order valence-corrected chi connectivity index (χ0v) is 7.84. The summed E-state index contributed by atoms with van der Waals surface area (Å²) in [5.41, 5.74) is 0. The van der Waals surface area contributed by atoms with E-state index >= 15 is 0 Å². The van der Waals surface area contributed by atoms with Gasteiger partial charge < -0.3 is 5.32 Å². The molecule has 2 nitrogen and oxygen atoms in total. The molecule has 0 radical (unpaired) electrons. The van der Waals surface area contributed by atoms with Gasteiger partial charge in [0.15, 0.2) is 0 Å². The number of nitrogens with zero attached hydrogens (tertiary/aromatic N) is 1. The highest BCUT2D eigenvalue weighted by Crippen LogP contribution is 2.32. The van der Waals surface area contributed by atoms with Crippen LogP contribution in [0.5, 0.6) is 0 Å². The molecule has 1 fully saturated rings. The molecule has 1 atom stereocenters. The lowest BCUT2D eigenvalue weighted by Gasteiger charge is -2.18. The lowest BCUT2D eigenvalue weighted by Crippen LogP contribution is -2.35. The number of aliphatic imine (C=N–C) groups is 1. The van der Waals surface area contributed by atoms with E-state index < -0.39 is 0 Å². The van der Waals surface area contributed by atoms with Crippen molar-refractivity contribution in [2.24, 2.45) is 10.9 Å². The fourth-order valence-corrected chi connectivity index (χ4v) is 1.79. The van der Waals surface area contributed by atoms with Gasteiger partial charge in [0.2, 0.25) is 0 Å². The molecule has 0 spiro atoms. The molecule has 1 aliphatic carbocycles. The molecule has 2 rings (SSSR count). The molecule has 12 heavy (non-hydrogen) atoms. The van der Waals surface area contributed by atoms with Gasteiger partial charge in [-0.15, -0.1) is 0 Å². The van der Waals surface area contributed by atoms with E-state index in [-0.39, 0.29) is 0 Å². The minimum Gasteiger partial charge on any atom is -0.371 e. The van der Waals surface area contributed by atoms with Crippen LogP contribution in [-0.4, -0.2) is 18.4 Å². The fourth-order valence-electron chi connectivity index (χ4n) is 1.79. The Hall–Kier alpha value is -0.530. The standard InChI is InChI=1S/C10H18N2/c1-8(9-5-6-9)12-10-4-2-3-7-11-10/h8-9H,2-7H2,1H3,(H,11,12). The largest absolute Gasteiger partial charge is 0.371 e. The van der Waals surface area contributed by atoms with Crippen LogP contribution in [0.3, 0.4) is 0 Å². The Labute approximate surface area is 74.5 Å². The third-order valence-corrected chi connectivity index (χ3v) is 2.85. The van der Waals surface area contributed by atoms with Crippen LogP contribution in [0.2, 0.25) is 0 Å². The highest BCUT2D eigenvalue weighted by atomic mass is 15.0. The average Bonchev–Trinajstić information content (AvgIpc) is 2.88. The Kier molecular flexibility index (Phi) is 2.33. The zero-order chi connectivity index (χ0) is 8.39. The van der Waals surface area contributed by atoms with Crippen LogP contribution < -0.4 is 5.32 Å². The first-order valence-electron chi connectivity index (χ1n) is 5.16. The summed E-state index contributed by atoms with van der Waals surface area (Å²) in [4.78, 5) is 4.49. The highest BCUT2D eigenvalue weighted by Gasteiger charge is 2.28. The summed E-state index contributed by atoms with van der Waals surface area (Å²) in [5, 5.41) is 3.53. The van der Waals surface area contributed by atoms with Crippen LogP contribution in [0, 0.1) is 5.92 Å². The maximum Gasteiger partial charge on any atom is 0.0965 e. The summed E-state index contributed by atoms with van der Waals surface area (Å²) < 4.78 is 0. The van der Waals surface area contributed by atoms with Crippen LogP contribution in [-0.2, 0) is 0 Å². The molecule has 0 aromatic heterocycles. The molecule has 1 saturated carbocycles. The van der Waals surface area contributed by atoms with E-state index in [1.165, 1.54) is 37.9 Å². The van der Waals surface area contributed by atoms with Gasteiger partial charge in [0, 0.05) is 19.0 Å². The smallest absolute Gasteiger partial charge is 0.0965 e. The van der Waals surface area contributed by atoms with Crippen molar-refractivity contribution in [1.82, 2.24) is 5.32 Å². The number of rotatable bonds is 2. The second-order valence-electron chi connectivity index (χ2n) is 4.06. The van der Waals surface area contributed by atoms with Gasteiger partial charge in [-0.05, 0) is 38.5 Å². The molecular weight excluding hydrogens is 148 g/mol. The molecule has 0 amide bonds. The Morgan fingerprint density at radius 3 is 2.83 bits per heavy atom. The van der Waals surface area contributed by atoms with E-state index in [1.54, 1.807) is 0 Å². The van der Waals surface area contributed by atoms with Crippen LogP contribution >= 0.6 is 0 Å². The predicted octanol–water partition coefficient (Wildman–Crippen LogP) is 1.96. The Morgan fingerprint density at radius 1 is 1.42 bits per heavy atom. The van der Waals surface area contributed by atoms with Crippen molar-refractivity contribution >= 4 is 5.84 Å². The molecule has 1 N–H and O–H groups in total. The third kappa shape index (κ3) is 1.99. The van der Waals surface area contributed by atoms with Crippen molar-refractivity contribution in [3.63, 3.8) is 0 Å². The Morgan fingerprint density at radius 2 is 2.25 bits per heavy atom. The molecule has 2 aliphatic rings. The fraction of sp³-hybridized carbons (Fsp3) is 0.900. The van der Waals surface area contributed by atoms with Gasteiger partial charge in [-0.25, -0.2) is 0 Å². The summed E-state index contributed by atoms with van der Waals surface area (Å²) in [6, 6.07) is 0.668. The van der Waals surface area contributed by atoms with Gasteiger partial charge in [-0.3, -0.25) is 4.99 Å². The maximum absolute atomic E-state index is 4.49. The summed E-state index contributed by atoms with van der Waals surface area (Å²) in [6.45, 7) is 3.33. The lowest BCUT2D eigenvalue weighted by molar-refractivity contribution is 0.569. The molecule has 0 aromatic carbocycles. The third-order valence-electron chi connectivity index (χ3n) is 2.85. The second-order valence-corrected chi connectivity index (χ2v) is 4.06. The topological polar surface area (TPSA) is 24.4 Å². The van der Waals surface area contributed by atoms with Gasteiger partial charge in [-0.1, -0.05) is 0 Å². The molecule has 1 unspecified atom stereocenters. The number of amidine groups is 1. The summed E-state index contributed by atoms with van der Waals surface area (Å²) in [7, 11) is 0.